The summed E-state index contributed by atoms with van der Waals surface area (Å²) >= 11 is 5.45. The zero-order chi connectivity index (χ0) is 26.2. The minimum absolute atomic E-state index is 0.0283. The van der Waals surface area contributed by atoms with Crippen LogP contribution in [0.4, 0.5) is 10.3 Å². The van der Waals surface area contributed by atoms with E-state index in [1.807, 2.05) is 41.8 Å². The van der Waals surface area contributed by atoms with Crippen molar-refractivity contribution in [3.8, 4) is 6.07 Å². The highest BCUT2D eigenvalue weighted by Crippen LogP contribution is 2.48. The summed E-state index contributed by atoms with van der Waals surface area (Å²) in [6.45, 7) is 0. The fraction of sp³-hybridized carbons (Fsp3) is 0.200. The van der Waals surface area contributed by atoms with Crippen molar-refractivity contribution >= 4 is 77.9 Å². The molecule has 1 amide bonds. The van der Waals surface area contributed by atoms with E-state index in [1.54, 1.807) is 4.90 Å². The van der Waals surface area contributed by atoms with Gasteiger partial charge >= 0.3 is 0 Å². The van der Waals surface area contributed by atoms with Crippen LogP contribution in [0.3, 0.4) is 0 Å². The maximum absolute atomic E-state index is 13.1. The number of allylic oxidation sites excluding steroid dienone is 3. The Bertz CT molecular complexity index is 1630. The molecule has 6 rings (SSSR count). The molecule has 4 aromatic rings. The van der Waals surface area contributed by atoms with Gasteiger partial charge in [-0.1, -0.05) is 52.6 Å². The van der Waals surface area contributed by atoms with Crippen LogP contribution in [0.25, 0.3) is 10.2 Å². The van der Waals surface area contributed by atoms with Gasteiger partial charge in [0.05, 0.1) is 33.5 Å². The Morgan fingerprint density at radius 3 is 2.87 bits per heavy atom. The number of aromatic nitrogens is 3. The zero-order valence-corrected chi connectivity index (χ0v) is 23.0. The molecule has 0 saturated carbocycles. The highest BCUT2D eigenvalue weighted by Gasteiger charge is 2.41. The van der Waals surface area contributed by atoms with E-state index < -0.39 is 5.92 Å². The molecule has 3 N–H and O–H groups in total. The number of fused-ring (bicyclic) bond motifs is 1. The minimum atomic E-state index is -0.466. The molecule has 0 radical (unpaired) electrons. The van der Waals surface area contributed by atoms with Crippen LogP contribution in [0.1, 0.15) is 30.1 Å². The van der Waals surface area contributed by atoms with E-state index in [9.17, 15) is 14.9 Å². The number of para-hydroxylation sites is 1. The molecule has 1 aliphatic carbocycles. The van der Waals surface area contributed by atoms with Crippen LogP contribution >= 0.6 is 45.8 Å². The Labute approximate surface area is 233 Å². The van der Waals surface area contributed by atoms with E-state index in [-0.39, 0.29) is 23.3 Å². The number of carbonyl (C=O) groups excluding carboxylic acids is 2. The number of anilines is 2. The Morgan fingerprint density at radius 1 is 1.21 bits per heavy atom. The highest BCUT2D eigenvalue weighted by atomic mass is 32.2. The number of thioether (sulfide) groups is 1. The summed E-state index contributed by atoms with van der Waals surface area (Å²) in [5.41, 5.74) is 9.13. The molecule has 1 aliphatic heterocycles. The summed E-state index contributed by atoms with van der Waals surface area (Å²) in [4.78, 5) is 32.7. The van der Waals surface area contributed by atoms with Gasteiger partial charge in [-0.05, 0) is 36.4 Å². The summed E-state index contributed by atoms with van der Waals surface area (Å²) in [7, 11) is 0. The average molecular weight is 578 g/mol. The molecular weight excluding hydrogens is 559 g/mol. The standard InChI is InChI=1S/C25H19N7O2S4/c26-11-13-20(18-9-4-10-35-18)21-15(6-3-7-16(21)33)32(22(13)27)24-30-31-25(38-24)36-12-19(34)29-23-28-14-5-1-2-8-17(14)37-23/h1-2,4-5,8-10,20H,3,6-7,12,27H2,(H,28,29,34). The highest BCUT2D eigenvalue weighted by molar-refractivity contribution is 8.01. The summed E-state index contributed by atoms with van der Waals surface area (Å²) in [5.74, 6) is -0.239. The van der Waals surface area contributed by atoms with Crippen LogP contribution in [0.2, 0.25) is 0 Å². The number of hydrogen-bond donors (Lipinski definition) is 2. The summed E-state index contributed by atoms with van der Waals surface area (Å²) in [5, 5.41) is 24.4. The maximum Gasteiger partial charge on any atom is 0.236 e. The van der Waals surface area contributed by atoms with Crippen LogP contribution in [-0.2, 0) is 9.59 Å². The molecule has 190 valence electrons. The van der Waals surface area contributed by atoms with Gasteiger partial charge in [0.1, 0.15) is 5.82 Å². The predicted molar refractivity (Wildman–Crippen MR) is 151 cm³/mol. The molecule has 1 unspecified atom stereocenters. The number of ketones is 1. The van der Waals surface area contributed by atoms with E-state index in [0.29, 0.717) is 45.0 Å². The first-order valence-electron chi connectivity index (χ1n) is 11.6. The van der Waals surface area contributed by atoms with E-state index in [4.69, 9.17) is 5.73 Å². The number of rotatable bonds is 6. The van der Waals surface area contributed by atoms with Gasteiger partial charge in [-0.15, -0.1) is 21.5 Å². The van der Waals surface area contributed by atoms with Gasteiger partial charge in [0.15, 0.2) is 15.3 Å². The third kappa shape index (κ3) is 4.49. The first-order valence-corrected chi connectivity index (χ1v) is 15.1. The third-order valence-corrected chi connectivity index (χ3v) is 10.1. The van der Waals surface area contributed by atoms with Crippen LogP contribution in [-0.4, -0.2) is 32.6 Å². The zero-order valence-electron chi connectivity index (χ0n) is 19.7. The Balaban J connectivity index is 1.23. The molecule has 3 aromatic heterocycles. The number of amides is 1. The molecule has 13 heteroatoms. The number of nitrogens with one attached hydrogen (secondary N) is 1. The lowest BCUT2D eigenvalue weighted by Gasteiger charge is -2.37. The van der Waals surface area contributed by atoms with Gasteiger partial charge in [-0.2, -0.15) is 5.26 Å². The van der Waals surface area contributed by atoms with Gasteiger partial charge < -0.3 is 11.1 Å². The Morgan fingerprint density at radius 2 is 2.08 bits per heavy atom. The lowest BCUT2D eigenvalue weighted by Crippen LogP contribution is -2.38. The minimum Gasteiger partial charge on any atom is -0.384 e. The van der Waals surface area contributed by atoms with Crippen molar-refractivity contribution in [1.29, 1.82) is 5.26 Å². The van der Waals surface area contributed by atoms with E-state index >= 15 is 0 Å². The summed E-state index contributed by atoms with van der Waals surface area (Å²) in [6, 6.07) is 13.8. The van der Waals surface area contributed by atoms with Crippen LogP contribution < -0.4 is 16.0 Å². The second-order valence-corrected chi connectivity index (χ2v) is 12.7. The fourth-order valence-electron chi connectivity index (χ4n) is 4.60. The quantitative estimate of drug-likeness (QED) is 0.294. The summed E-state index contributed by atoms with van der Waals surface area (Å²) < 4.78 is 1.58. The Kier molecular flexibility index (Phi) is 6.71. The molecule has 1 aromatic carbocycles. The fourth-order valence-corrected chi connectivity index (χ4v) is 8.01. The average Bonchev–Trinajstić information content (AvgIpc) is 3.68. The van der Waals surface area contributed by atoms with E-state index in [2.05, 4.69) is 26.6 Å². The first-order chi connectivity index (χ1) is 18.5. The van der Waals surface area contributed by atoms with Crippen LogP contribution in [0, 0.1) is 11.3 Å². The molecule has 0 saturated heterocycles. The predicted octanol–water partition coefficient (Wildman–Crippen LogP) is 5.24. The number of benzene rings is 1. The lowest BCUT2D eigenvalue weighted by molar-refractivity contribution is -0.116. The number of thiazole rings is 1. The van der Waals surface area contributed by atoms with Crippen molar-refractivity contribution in [2.24, 2.45) is 5.73 Å². The number of Topliss-reactive ketones (excluding diaryl/α,β-unsaturated/α-hetero) is 1. The molecule has 1 atom stereocenters. The third-order valence-electron chi connectivity index (χ3n) is 6.20. The van der Waals surface area contributed by atoms with Crippen molar-refractivity contribution in [3.05, 3.63) is 69.3 Å². The largest absolute Gasteiger partial charge is 0.384 e. The van der Waals surface area contributed by atoms with Crippen molar-refractivity contribution in [2.45, 2.75) is 29.5 Å². The Hall–Kier alpha value is -3.57. The van der Waals surface area contributed by atoms with Gasteiger partial charge in [0, 0.05) is 22.6 Å². The van der Waals surface area contributed by atoms with Gasteiger partial charge in [-0.3, -0.25) is 14.5 Å². The second-order valence-electron chi connectivity index (χ2n) is 8.51. The molecule has 38 heavy (non-hydrogen) atoms. The molecule has 0 spiro atoms. The summed E-state index contributed by atoms with van der Waals surface area (Å²) in [6.07, 6.45) is 1.79. The monoisotopic (exact) mass is 577 g/mol. The maximum atomic E-state index is 13.1. The second kappa shape index (κ2) is 10.3. The van der Waals surface area contributed by atoms with E-state index in [0.717, 1.165) is 20.8 Å². The van der Waals surface area contributed by atoms with Gasteiger partial charge in [0.2, 0.25) is 11.0 Å². The number of hydrogen-bond acceptors (Lipinski definition) is 12. The topological polar surface area (TPSA) is 138 Å². The number of thiophene rings is 1. The molecule has 2 aliphatic rings. The number of nitrogens with two attached hydrogens (primary N) is 1. The SMILES string of the molecule is N#CC1=C(N)N(c2nnc(SCC(=O)Nc3nc4ccccc4s3)s2)C2=C(C(=O)CCC2)C1c1cccs1. The molecule has 9 nitrogen and oxygen atoms in total. The van der Waals surface area contributed by atoms with Crippen LogP contribution in [0.5, 0.6) is 0 Å². The van der Waals surface area contributed by atoms with Gasteiger partial charge in [0.25, 0.3) is 0 Å². The van der Waals surface area contributed by atoms with Crippen molar-refractivity contribution < 1.29 is 9.59 Å². The number of nitriles is 1. The van der Waals surface area contributed by atoms with Crippen LogP contribution in [0.15, 0.2) is 68.8 Å². The smallest absolute Gasteiger partial charge is 0.236 e. The van der Waals surface area contributed by atoms with Crippen molar-refractivity contribution in [1.82, 2.24) is 15.2 Å². The molecule has 0 bridgehead atoms. The number of nitrogens with zero attached hydrogens (tertiary/aromatic N) is 5. The normalized spacial score (nSPS) is 17.6. The lowest BCUT2D eigenvalue weighted by atomic mass is 9.78. The van der Waals surface area contributed by atoms with Gasteiger partial charge in [-0.25, -0.2) is 4.98 Å². The molecule has 4 heterocycles. The first kappa shape index (κ1) is 24.7. The van der Waals surface area contributed by atoms with Crippen molar-refractivity contribution in [3.63, 3.8) is 0 Å². The van der Waals surface area contributed by atoms with E-state index in [1.165, 1.54) is 45.8 Å². The molecule has 0 fully saturated rings. The number of carbonyl (C=O) groups is 2. The molecular formula is C25H19N7O2S4. The van der Waals surface area contributed by atoms with Crippen molar-refractivity contribution in [2.75, 3.05) is 16.0 Å².